The predicted molar refractivity (Wildman–Crippen MR) is 59.2 cm³/mol. The zero-order valence-corrected chi connectivity index (χ0v) is 9.24. The van der Waals surface area contributed by atoms with Crippen LogP contribution in [0.5, 0.6) is 0 Å². The first-order valence-electron chi connectivity index (χ1n) is 4.71. The molecule has 0 amide bonds. The highest BCUT2D eigenvalue weighted by molar-refractivity contribution is 7.07. The molecular weight excluding hydrogens is 210 g/mol. The van der Waals surface area contributed by atoms with Crippen molar-refractivity contribution >= 4 is 11.3 Å². The van der Waals surface area contributed by atoms with E-state index < -0.39 is 0 Å². The van der Waals surface area contributed by atoms with Crippen LogP contribution >= 0.6 is 11.3 Å². The molecule has 1 unspecified atom stereocenters. The number of thiazole rings is 1. The maximum Gasteiger partial charge on any atom is 0.0920 e. The summed E-state index contributed by atoms with van der Waals surface area (Å²) in [5.74, 6) is 5.52. The van der Waals surface area contributed by atoms with Crippen LogP contribution in [-0.2, 0) is 6.54 Å². The Kier molecular flexibility index (Phi) is 3.10. The quantitative estimate of drug-likeness (QED) is 0.597. The average molecular weight is 223 g/mol. The van der Waals surface area contributed by atoms with Crippen molar-refractivity contribution in [2.45, 2.75) is 19.5 Å². The van der Waals surface area contributed by atoms with E-state index in [9.17, 15) is 0 Å². The summed E-state index contributed by atoms with van der Waals surface area (Å²) in [4.78, 5) is 4.24. The Balaban J connectivity index is 2.27. The molecule has 3 N–H and O–H groups in total. The van der Waals surface area contributed by atoms with Crippen molar-refractivity contribution in [1.82, 2.24) is 20.2 Å². The third kappa shape index (κ3) is 2.06. The van der Waals surface area contributed by atoms with E-state index in [4.69, 9.17) is 5.84 Å². The number of aromatic nitrogens is 3. The lowest BCUT2D eigenvalue weighted by Gasteiger charge is -2.10. The number of rotatable bonds is 4. The van der Waals surface area contributed by atoms with E-state index in [0.29, 0.717) is 0 Å². The summed E-state index contributed by atoms with van der Waals surface area (Å²) in [6.07, 6.45) is 3.79. The molecule has 5 nitrogen and oxygen atoms in total. The smallest absolute Gasteiger partial charge is 0.0920 e. The van der Waals surface area contributed by atoms with Gasteiger partial charge in [0.1, 0.15) is 0 Å². The molecule has 0 aliphatic carbocycles. The fourth-order valence-corrected chi connectivity index (χ4v) is 2.00. The van der Waals surface area contributed by atoms with E-state index in [1.165, 1.54) is 0 Å². The van der Waals surface area contributed by atoms with Gasteiger partial charge in [-0.2, -0.15) is 5.10 Å². The van der Waals surface area contributed by atoms with Gasteiger partial charge in [0.2, 0.25) is 0 Å². The minimum absolute atomic E-state index is 0.0726. The van der Waals surface area contributed by atoms with Gasteiger partial charge in [-0.05, 0) is 6.92 Å². The molecule has 0 spiro atoms. The first-order valence-corrected chi connectivity index (χ1v) is 5.66. The molecule has 15 heavy (non-hydrogen) atoms. The van der Waals surface area contributed by atoms with Crippen LogP contribution in [0, 0.1) is 0 Å². The molecular formula is C9H13N5S. The van der Waals surface area contributed by atoms with Gasteiger partial charge >= 0.3 is 0 Å². The number of nitrogens with zero attached hydrogens (tertiary/aromatic N) is 3. The molecule has 0 aliphatic rings. The van der Waals surface area contributed by atoms with Crippen molar-refractivity contribution in [3.63, 3.8) is 0 Å². The molecule has 80 valence electrons. The Bertz CT molecular complexity index is 408. The zero-order valence-electron chi connectivity index (χ0n) is 8.42. The van der Waals surface area contributed by atoms with Crippen LogP contribution in [0.3, 0.4) is 0 Å². The van der Waals surface area contributed by atoms with Gasteiger partial charge in [-0.1, -0.05) is 0 Å². The Morgan fingerprint density at radius 1 is 1.67 bits per heavy atom. The molecule has 2 aromatic heterocycles. The van der Waals surface area contributed by atoms with Gasteiger partial charge in [0.05, 0.1) is 23.4 Å². The molecule has 2 heterocycles. The average Bonchev–Trinajstić information content (AvgIpc) is 2.89. The highest BCUT2D eigenvalue weighted by Gasteiger charge is 2.15. The number of aryl methyl sites for hydroxylation is 1. The van der Waals surface area contributed by atoms with Crippen molar-refractivity contribution in [2.24, 2.45) is 5.84 Å². The van der Waals surface area contributed by atoms with Crippen molar-refractivity contribution in [3.8, 4) is 0 Å². The Hall–Kier alpha value is -1.24. The third-order valence-corrected chi connectivity index (χ3v) is 2.83. The minimum atomic E-state index is -0.0726. The monoisotopic (exact) mass is 223 g/mol. The largest absolute Gasteiger partial charge is 0.273 e. The summed E-state index contributed by atoms with van der Waals surface area (Å²) in [7, 11) is 0. The number of nitrogens with one attached hydrogen (secondary N) is 1. The highest BCUT2D eigenvalue weighted by atomic mass is 32.1. The van der Waals surface area contributed by atoms with Crippen LogP contribution in [0.15, 0.2) is 23.3 Å². The fraction of sp³-hybridized carbons (Fsp3) is 0.333. The molecule has 0 aromatic carbocycles. The van der Waals surface area contributed by atoms with Crippen molar-refractivity contribution < 1.29 is 0 Å². The van der Waals surface area contributed by atoms with Gasteiger partial charge in [-0.3, -0.25) is 10.5 Å². The lowest BCUT2D eigenvalue weighted by atomic mass is 10.1. The summed E-state index contributed by atoms with van der Waals surface area (Å²) < 4.78 is 1.87. The molecule has 0 bridgehead atoms. The highest BCUT2D eigenvalue weighted by Crippen LogP contribution is 2.20. The van der Waals surface area contributed by atoms with E-state index in [0.717, 1.165) is 17.8 Å². The second-order valence-electron chi connectivity index (χ2n) is 3.14. The molecule has 1 atom stereocenters. The maximum atomic E-state index is 5.52. The van der Waals surface area contributed by atoms with Crippen molar-refractivity contribution in [3.05, 3.63) is 34.5 Å². The SMILES string of the molecule is CCn1cc(C(NN)c2cscn2)cn1. The molecule has 0 radical (unpaired) electrons. The van der Waals surface area contributed by atoms with Gasteiger partial charge in [0.25, 0.3) is 0 Å². The number of hydrogen-bond donors (Lipinski definition) is 2. The molecule has 2 aromatic rings. The third-order valence-electron chi connectivity index (χ3n) is 2.22. The summed E-state index contributed by atoms with van der Waals surface area (Å²) in [5, 5.41) is 6.19. The van der Waals surface area contributed by atoms with Crippen LogP contribution in [0.25, 0.3) is 0 Å². The van der Waals surface area contributed by atoms with Crippen LogP contribution in [0.4, 0.5) is 0 Å². The predicted octanol–water partition coefficient (Wildman–Crippen LogP) is 0.912. The van der Waals surface area contributed by atoms with E-state index in [1.54, 1.807) is 16.8 Å². The molecule has 0 saturated carbocycles. The molecule has 0 aliphatic heterocycles. The summed E-state index contributed by atoms with van der Waals surface area (Å²) >= 11 is 1.56. The number of hydrogen-bond acceptors (Lipinski definition) is 5. The normalized spacial score (nSPS) is 12.9. The van der Waals surface area contributed by atoms with Crippen LogP contribution in [0.2, 0.25) is 0 Å². The second-order valence-corrected chi connectivity index (χ2v) is 3.86. The number of nitrogens with two attached hydrogens (primary N) is 1. The number of hydrazine groups is 1. The Morgan fingerprint density at radius 3 is 3.07 bits per heavy atom. The lowest BCUT2D eigenvalue weighted by Crippen LogP contribution is -2.28. The topological polar surface area (TPSA) is 68.8 Å². The van der Waals surface area contributed by atoms with Gasteiger partial charge in [0.15, 0.2) is 0 Å². The summed E-state index contributed by atoms with van der Waals surface area (Å²) in [6, 6.07) is -0.0726. The lowest BCUT2D eigenvalue weighted by molar-refractivity contribution is 0.619. The van der Waals surface area contributed by atoms with E-state index >= 15 is 0 Å². The van der Waals surface area contributed by atoms with Gasteiger partial charge in [-0.25, -0.2) is 10.4 Å². The Morgan fingerprint density at radius 2 is 2.53 bits per heavy atom. The van der Waals surface area contributed by atoms with Gasteiger partial charge < -0.3 is 0 Å². The van der Waals surface area contributed by atoms with Crippen LogP contribution in [0.1, 0.15) is 24.2 Å². The van der Waals surface area contributed by atoms with Gasteiger partial charge in [0, 0.05) is 23.7 Å². The second kappa shape index (κ2) is 4.52. The standard InChI is InChI=1S/C9H13N5S/c1-2-14-4-7(3-12-14)9(13-10)8-5-15-6-11-8/h3-6,9,13H,2,10H2,1H3. The van der Waals surface area contributed by atoms with E-state index in [2.05, 4.69) is 15.5 Å². The van der Waals surface area contributed by atoms with E-state index in [1.807, 2.05) is 29.4 Å². The minimum Gasteiger partial charge on any atom is -0.273 e. The van der Waals surface area contributed by atoms with E-state index in [-0.39, 0.29) is 6.04 Å². The van der Waals surface area contributed by atoms with Crippen LogP contribution in [-0.4, -0.2) is 14.8 Å². The molecule has 0 saturated heterocycles. The Labute approximate surface area is 91.9 Å². The van der Waals surface area contributed by atoms with Crippen molar-refractivity contribution in [1.29, 1.82) is 0 Å². The molecule has 2 rings (SSSR count). The first kappa shape index (κ1) is 10.3. The first-order chi connectivity index (χ1) is 7.35. The fourth-order valence-electron chi connectivity index (χ4n) is 1.42. The summed E-state index contributed by atoms with van der Waals surface area (Å²) in [6.45, 7) is 2.90. The molecule has 6 heteroatoms. The van der Waals surface area contributed by atoms with Gasteiger partial charge in [-0.15, -0.1) is 11.3 Å². The maximum absolute atomic E-state index is 5.52. The summed E-state index contributed by atoms with van der Waals surface area (Å²) in [5.41, 5.74) is 6.51. The van der Waals surface area contributed by atoms with Crippen molar-refractivity contribution in [2.75, 3.05) is 0 Å². The zero-order chi connectivity index (χ0) is 10.7. The van der Waals surface area contributed by atoms with Crippen LogP contribution < -0.4 is 11.3 Å². The molecule has 0 fully saturated rings.